The van der Waals surface area contributed by atoms with Crippen LogP contribution in [0.15, 0.2) is 9.59 Å². The predicted octanol–water partition coefficient (Wildman–Crippen LogP) is 0.252. The van der Waals surface area contributed by atoms with Crippen molar-refractivity contribution in [1.82, 2.24) is 19.5 Å². The van der Waals surface area contributed by atoms with Crippen molar-refractivity contribution in [3.63, 3.8) is 0 Å². The van der Waals surface area contributed by atoms with Crippen LogP contribution < -0.4 is 11.2 Å². The van der Waals surface area contributed by atoms with Gasteiger partial charge in [0.1, 0.15) is 17.1 Å². The summed E-state index contributed by atoms with van der Waals surface area (Å²) in [5.41, 5.74) is -0.272. The molecule has 2 rings (SSSR count). The first-order chi connectivity index (χ1) is 8.99. The molecule has 0 aliphatic rings. The van der Waals surface area contributed by atoms with Crippen LogP contribution in [0.5, 0.6) is 0 Å². The SMILES string of the molecule is CC(=O)CCCCc1nc2c([nH]1)c(=O)[nH]c(=O)n2C. The molecular formula is C12H16N4O3. The minimum Gasteiger partial charge on any atom is -0.336 e. The second-order valence-corrected chi connectivity index (χ2v) is 4.61. The first kappa shape index (κ1) is 13.3. The number of nitrogens with zero attached hydrogens (tertiary/aromatic N) is 2. The first-order valence-corrected chi connectivity index (χ1v) is 6.16. The Morgan fingerprint density at radius 3 is 2.68 bits per heavy atom. The van der Waals surface area contributed by atoms with Gasteiger partial charge in [-0.25, -0.2) is 9.78 Å². The van der Waals surface area contributed by atoms with E-state index in [4.69, 9.17) is 0 Å². The number of rotatable bonds is 5. The van der Waals surface area contributed by atoms with Gasteiger partial charge in [0.05, 0.1) is 0 Å². The summed E-state index contributed by atoms with van der Waals surface area (Å²) in [6, 6.07) is 0. The number of hydrogen-bond acceptors (Lipinski definition) is 4. The number of nitrogens with one attached hydrogen (secondary N) is 2. The van der Waals surface area contributed by atoms with Gasteiger partial charge in [-0.15, -0.1) is 0 Å². The maximum atomic E-state index is 11.6. The molecule has 2 aromatic rings. The van der Waals surface area contributed by atoms with Gasteiger partial charge in [-0.05, 0) is 19.8 Å². The minimum atomic E-state index is -0.480. The van der Waals surface area contributed by atoms with E-state index in [1.165, 1.54) is 4.57 Å². The Hall–Kier alpha value is -2.18. The van der Waals surface area contributed by atoms with Gasteiger partial charge >= 0.3 is 5.69 Å². The highest BCUT2D eigenvalue weighted by molar-refractivity contribution is 5.75. The number of unbranched alkanes of at least 4 members (excludes halogenated alkanes) is 1. The topological polar surface area (TPSA) is 101 Å². The van der Waals surface area contributed by atoms with Crippen LogP contribution in [-0.4, -0.2) is 25.3 Å². The number of aromatic nitrogens is 4. The molecule has 19 heavy (non-hydrogen) atoms. The Morgan fingerprint density at radius 1 is 1.26 bits per heavy atom. The number of hydrogen-bond donors (Lipinski definition) is 2. The predicted molar refractivity (Wildman–Crippen MR) is 70.2 cm³/mol. The number of fused-ring (bicyclic) bond motifs is 1. The summed E-state index contributed by atoms with van der Waals surface area (Å²) in [6.07, 6.45) is 2.81. The fraction of sp³-hybridized carbons (Fsp3) is 0.500. The van der Waals surface area contributed by atoms with E-state index in [0.29, 0.717) is 29.8 Å². The number of ketones is 1. The Kier molecular flexibility index (Phi) is 3.64. The van der Waals surface area contributed by atoms with Crippen molar-refractivity contribution in [1.29, 1.82) is 0 Å². The molecule has 0 bridgehead atoms. The standard InChI is InChI=1S/C12H16N4O3/c1-7(17)5-3-4-6-8-13-9-10(14-8)16(2)12(19)15-11(9)18/h3-6H2,1-2H3,(H,13,14)(H,15,18,19). The third kappa shape index (κ3) is 2.81. The van der Waals surface area contributed by atoms with E-state index in [-0.39, 0.29) is 5.78 Å². The highest BCUT2D eigenvalue weighted by Crippen LogP contribution is 2.07. The minimum absolute atomic E-state index is 0.170. The summed E-state index contributed by atoms with van der Waals surface area (Å²) in [4.78, 5) is 43.2. The van der Waals surface area contributed by atoms with Crippen molar-refractivity contribution in [2.24, 2.45) is 7.05 Å². The second kappa shape index (κ2) is 5.21. The van der Waals surface area contributed by atoms with E-state index in [1.54, 1.807) is 14.0 Å². The molecule has 0 atom stereocenters. The summed E-state index contributed by atoms with van der Waals surface area (Å²) < 4.78 is 1.30. The molecule has 0 aromatic carbocycles. The largest absolute Gasteiger partial charge is 0.336 e. The molecule has 2 heterocycles. The van der Waals surface area contributed by atoms with Crippen molar-refractivity contribution in [3.8, 4) is 0 Å². The van der Waals surface area contributed by atoms with Gasteiger partial charge in [-0.1, -0.05) is 0 Å². The van der Waals surface area contributed by atoms with E-state index >= 15 is 0 Å². The van der Waals surface area contributed by atoms with Gasteiger partial charge < -0.3 is 9.78 Å². The van der Waals surface area contributed by atoms with Crippen LogP contribution in [0.4, 0.5) is 0 Å². The Balaban J connectivity index is 2.20. The summed E-state index contributed by atoms with van der Waals surface area (Å²) in [6.45, 7) is 1.57. The van der Waals surface area contributed by atoms with Crippen LogP contribution in [0.25, 0.3) is 11.2 Å². The quantitative estimate of drug-likeness (QED) is 0.756. The summed E-state index contributed by atoms with van der Waals surface area (Å²) >= 11 is 0. The fourth-order valence-corrected chi connectivity index (χ4v) is 1.94. The van der Waals surface area contributed by atoms with Gasteiger partial charge in [-0.3, -0.25) is 14.3 Å². The van der Waals surface area contributed by atoms with E-state index in [2.05, 4.69) is 15.0 Å². The molecule has 0 fully saturated rings. The molecule has 0 aliphatic carbocycles. The zero-order valence-electron chi connectivity index (χ0n) is 10.9. The number of imidazole rings is 1. The molecule has 0 aliphatic heterocycles. The average molecular weight is 264 g/mol. The van der Waals surface area contributed by atoms with Gasteiger partial charge in [0.15, 0.2) is 5.65 Å². The van der Waals surface area contributed by atoms with E-state index in [1.807, 2.05) is 0 Å². The van der Waals surface area contributed by atoms with Gasteiger partial charge in [0, 0.05) is 19.9 Å². The van der Waals surface area contributed by atoms with Crippen molar-refractivity contribution < 1.29 is 4.79 Å². The first-order valence-electron chi connectivity index (χ1n) is 6.16. The summed E-state index contributed by atoms with van der Waals surface area (Å²) in [5.74, 6) is 0.827. The van der Waals surface area contributed by atoms with Crippen LogP contribution >= 0.6 is 0 Å². The molecule has 7 heteroatoms. The monoisotopic (exact) mass is 264 g/mol. The third-order valence-corrected chi connectivity index (χ3v) is 3.00. The molecule has 2 N–H and O–H groups in total. The smallest absolute Gasteiger partial charge is 0.329 e. The zero-order chi connectivity index (χ0) is 14.0. The Morgan fingerprint density at radius 2 is 2.00 bits per heavy atom. The Bertz CT molecular complexity index is 723. The molecule has 0 spiro atoms. The van der Waals surface area contributed by atoms with E-state index in [0.717, 1.165) is 12.8 Å². The molecule has 0 unspecified atom stereocenters. The van der Waals surface area contributed by atoms with E-state index in [9.17, 15) is 14.4 Å². The number of carbonyl (C=O) groups is 1. The molecule has 0 radical (unpaired) electrons. The van der Waals surface area contributed by atoms with Gasteiger partial charge in [0.2, 0.25) is 0 Å². The van der Waals surface area contributed by atoms with Gasteiger partial charge in [-0.2, -0.15) is 0 Å². The molecule has 7 nitrogen and oxygen atoms in total. The average Bonchev–Trinajstić information content (AvgIpc) is 2.76. The molecule has 0 saturated heterocycles. The molecule has 102 valence electrons. The number of carbonyl (C=O) groups excluding carboxylic acids is 1. The summed E-state index contributed by atoms with van der Waals surface area (Å²) in [7, 11) is 1.56. The fourth-order valence-electron chi connectivity index (χ4n) is 1.94. The Labute approximate surface area is 108 Å². The van der Waals surface area contributed by atoms with Crippen molar-refractivity contribution in [3.05, 3.63) is 26.7 Å². The number of aryl methyl sites for hydroxylation is 2. The molecular weight excluding hydrogens is 248 g/mol. The molecule has 0 saturated carbocycles. The van der Waals surface area contributed by atoms with Crippen molar-refractivity contribution >= 4 is 16.9 Å². The maximum Gasteiger partial charge on any atom is 0.329 e. The lowest BCUT2D eigenvalue weighted by Crippen LogP contribution is -2.28. The maximum absolute atomic E-state index is 11.6. The number of Topliss-reactive ketones (excluding diaryl/α,β-unsaturated/α-hetero) is 1. The zero-order valence-corrected chi connectivity index (χ0v) is 10.9. The summed E-state index contributed by atoms with van der Waals surface area (Å²) in [5, 5.41) is 0. The molecule has 0 amide bonds. The third-order valence-electron chi connectivity index (χ3n) is 3.00. The number of aromatic amines is 2. The van der Waals surface area contributed by atoms with Crippen LogP contribution in [0.1, 0.15) is 32.0 Å². The number of H-pyrrole nitrogens is 2. The normalized spacial score (nSPS) is 11.1. The molecule has 2 aromatic heterocycles. The van der Waals surface area contributed by atoms with Crippen molar-refractivity contribution in [2.45, 2.75) is 32.6 Å². The van der Waals surface area contributed by atoms with Crippen LogP contribution in [0.2, 0.25) is 0 Å². The highest BCUT2D eigenvalue weighted by Gasteiger charge is 2.10. The lowest BCUT2D eigenvalue weighted by atomic mass is 10.1. The van der Waals surface area contributed by atoms with Crippen LogP contribution in [0.3, 0.4) is 0 Å². The lowest BCUT2D eigenvalue weighted by Gasteiger charge is -1.95. The lowest BCUT2D eigenvalue weighted by molar-refractivity contribution is -0.117. The highest BCUT2D eigenvalue weighted by atomic mass is 16.2. The van der Waals surface area contributed by atoms with Crippen LogP contribution in [-0.2, 0) is 18.3 Å². The van der Waals surface area contributed by atoms with Crippen molar-refractivity contribution in [2.75, 3.05) is 0 Å². The van der Waals surface area contributed by atoms with Crippen LogP contribution in [0, 0.1) is 0 Å². The second-order valence-electron chi connectivity index (χ2n) is 4.61. The van der Waals surface area contributed by atoms with Gasteiger partial charge in [0.25, 0.3) is 5.56 Å². The van der Waals surface area contributed by atoms with E-state index < -0.39 is 11.2 Å².